The number of nitrogens with one attached hydrogen (secondary N) is 3. The predicted octanol–water partition coefficient (Wildman–Crippen LogP) is 5.29. The van der Waals surface area contributed by atoms with Crippen molar-refractivity contribution in [3.05, 3.63) is 82.9 Å². The minimum absolute atomic E-state index is 0.0157. The Labute approximate surface area is 291 Å². The number of morpholine rings is 1. The van der Waals surface area contributed by atoms with Gasteiger partial charge in [-0.15, -0.1) is 0 Å². The molecule has 16 heteroatoms. The lowest BCUT2D eigenvalue weighted by atomic mass is 9.96. The number of anilines is 3. The van der Waals surface area contributed by atoms with E-state index >= 15 is 4.39 Å². The number of aryl methyl sites for hydroxylation is 1. The van der Waals surface area contributed by atoms with E-state index < -0.39 is 54.0 Å². The third-order valence-corrected chi connectivity index (χ3v) is 7.89. The van der Waals surface area contributed by atoms with Gasteiger partial charge in [0.25, 0.3) is 11.8 Å². The van der Waals surface area contributed by atoms with E-state index in [0.717, 1.165) is 11.0 Å². The van der Waals surface area contributed by atoms with E-state index in [1.807, 2.05) is 6.79 Å². The number of ether oxygens (including phenoxy) is 2. The highest BCUT2D eigenvalue weighted by Crippen LogP contribution is 2.35. The number of nitrogens with zero attached hydrogens (tertiary/aromatic N) is 3. The third kappa shape index (κ3) is 9.33. The van der Waals surface area contributed by atoms with Crippen LogP contribution in [0.3, 0.4) is 0 Å². The topological polar surface area (TPSA) is 151 Å². The second-order valence-electron chi connectivity index (χ2n) is 10.9. The molecular formula is C35H38F4N6O6. The Bertz CT molecular complexity index is 1750. The zero-order chi connectivity index (χ0) is 37.9. The van der Waals surface area contributed by atoms with Crippen LogP contribution in [0.2, 0.25) is 0 Å². The molecule has 3 N–H and O–H groups in total. The van der Waals surface area contributed by atoms with Gasteiger partial charge in [0.15, 0.2) is 0 Å². The first-order valence-corrected chi connectivity index (χ1v) is 15.5. The maximum absolute atomic E-state index is 15.5. The lowest BCUT2D eigenvalue weighted by molar-refractivity contribution is -0.167. The second kappa shape index (κ2) is 17.8. The number of aromatic nitrogens is 1. The maximum Gasteiger partial charge on any atom is 0.411 e. The van der Waals surface area contributed by atoms with E-state index in [4.69, 9.17) is 14.3 Å². The van der Waals surface area contributed by atoms with Crippen LogP contribution in [-0.2, 0) is 25.5 Å². The zero-order valence-corrected chi connectivity index (χ0v) is 28.2. The number of esters is 1. The largest absolute Gasteiger partial charge is 0.464 e. The number of benzene rings is 2. The first-order valence-electron chi connectivity index (χ1n) is 15.5. The summed E-state index contributed by atoms with van der Waals surface area (Å²) in [4.78, 5) is 56.7. The van der Waals surface area contributed by atoms with Gasteiger partial charge in [-0.25, -0.2) is 9.18 Å². The molecule has 12 nitrogen and oxygen atoms in total. The summed E-state index contributed by atoms with van der Waals surface area (Å²) in [5, 5.41) is 8.21. The summed E-state index contributed by atoms with van der Waals surface area (Å²) in [5.74, 6) is -3.31. The average Bonchev–Trinajstić information content (AvgIpc) is 3.11. The lowest BCUT2D eigenvalue weighted by Crippen LogP contribution is -2.53. The fourth-order valence-corrected chi connectivity index (χ4v) is 5.56. The van der Waals surface area contributed by atoms with Crippen molar-refractivity contribution in [2.24, 2.45) is 4.99 Å². The number of aliphatic imine (C=N–C) groups is 1. The molecule has 0 radical (unpaired) electrons. The van der Waals surface area contributed by atoms with E-state index in [-0.39, 0.29) is 43.1 Å². The van der Waals surface area contributed by atoms with Gasteiger partial charge in [-0.2, -0.15) is 13.2 Å². The molecule has 0 saturated carbocycles. The summed E-state index contributed by atoms with van der Waals surface area (Å²) in [5.41, 5.74) is 1.77. The van der Waals surface area contributed by atoms with Crippen molar-refractivity contribution >= 4 is 60.1 Å². The smallest absolute Gasteiger partial charge is 0.411 e. The standard InChI is InChI=1S/C34H36F4N6O5.CH2O/c1-6-22-20(8-9-25(30(22)40-5)42-31(45)23-10-11-41-17-27(23)39-4)15-26(33(47)49-7-2)43-32(46)29-19(3)14-21(16-24(29)35)44-12-13-48-18-28(44)34(36,37)38;1-2/h6,8-11,14,16-17,26,28,39H,1,5,7,12-13,15,18H2,2-4H3,(H,42,45)(H,43,46);1H2/t26-,28+;/m0./s1. The summed E-state index contributed by atoms with van der Waals surface area (Å²) in [6, 6.07) is 3.54. The van der Waals surface area contributed by atoms with E-state index in [1.165, 1.54) is 37.5 Å². The van der Waals surface area contributed by atoms with Crippen LogP contribution in [0.15, 0.2) is 54.3 Å². The van der Waals surface area contributed by atoms with E-state index in [9.17, 15) is 27.6 Å². The molecular weight excluding hydrogens is 676 g/mol. The normalized spacial score (nSPS) is 14.6. The van der Waals surface area contributed by atoms with Crippen LogP contribution in [0.1, 0.15) is 44.3 Å². The molecule has 0 bridgehead atoms. The first-order chi connectivity index (χ1) is 24.3. The molecule has 2 heterocycles. The number of carbonyl (C=O) groups excluding carboxylic acids is 4. The zero-order valence-electron chi connectivity index (χ0n) is 28.2. The van der Waals surface area contributed by atoms with Crippen molar-refractivity contribution in [2.45, 2.75) is 38.5 Å². The van der Waals surface area contributed by atoms with Crippen molar-refractivity contribution in [1.29, 1.82) is 0 Å². The van der Waals surface area contributed by atoms with Gasteiger partial charge in [-0.05, 0) is 56.0 Å². The average molecular weight is 715 g/mol. The van der Waals surface area contributed by atoms with E-state index in [0.29, 0.717) is 28.1 Å². The van der Waals surface area contributed by atoms with Gasteiger partial charge in [0.2, 0.25) is 0 Å². The fourth-order valence-electron chi connectivity index (χ4n) is 5.56. The Kier molecular flexibility index (Phi) is 13.9. The molecule has 3 aromatic rings. The number of amides is 2. The molecule has 2 amide bonds. The highest BCUT2D eigenvalue weighted by Gasteiger charge is 2.45. The van der Waals surface area contributed by atoms with Gasteiger partial charge in [0.1, 0.15) is 24.7 Å². The van der Waals surface area contributed by atoms with Crippen molar-refractivity contribution in [2.75, 3.05) is 48.9 Å². The minimum Gasteiger partial charge on any atom is -0.464 e. The lowest BCUT2D eigenvalue weighted by Gasteiger charge is -2.38. The molecule has 51 heavy (non-hydrogen) atoms. The van der Waals surface area contributed by atoms with Crippen molar-refractivity contribution in [1.82, 2.24) is 10.3 Å². The van der Waals surface area contributed by atoms with Gasteiger partial charge in [-0.1, -0.05) is 18.7 Å². The molecule has 1 aliphatic heterocycles. The Hall–Kier alpha value is -5.64. The van der Waals surface area contributed by atoms with Crippen molar-refractivity contribution in [3.8, 4) is 0 Å². The van der Waals surface area contributed by atoms with Crippen LogP contribution >= 0.6 is 0 Å². The van der Waals surface area contributed by atoms with Crippen LogP contribution in [-0.4, -0.2) is 87.9 Å². The Morgan fingerprint density at radius 2 is 1.90 bits per heavy atom. The van der Waals surface area contributed by atoms with Gasteiger partial charge in [0, 0.05) is 37.5 Å². The van der Waals surface area contributed by atoms with Gasteiger partial charge < -0.3 is 35.1 Å². The van der Waals surface area contributed by atoms with Crippen LogP contribution in [0.4, 0.5) is 40.3 Å². The van der Waals surface area contributed by atoms with Gasteiger partial charge in [-0.3, -0.25) is 19.6 Å². The highest BCUT2D eigenvalue weighted by atomic mass is 19.4. The SMILES string of the molecule is C=Cc1c(C[C@H](NC(=O)c2c(C)cc(N3CCOC[C@@H]3C(F)(F)F)cc2F)C(=O)OCC)ccc(NC(=O)c2ccncc2NC)c1N=C.C=O. The molecule has 2 atom stereocenters. The summed E-state index contributed by atoms with van der Waals surface area (Å²) >= 11 is 0. The molecule has 1 fully saturated rings. The van der Waals surface area contributed by atoms with Gasteiger partial charge >= 0.3 is 12.1 Å². The van der Waals surface area contributed by atoms with Crippen LogP contribution < -0.4 is 20.9 Å². The molecule has 1 aliphatic rings. The van der Waals surface area contributed by atoms with Crippen molar-refractivity contribution < 1.29 is 46.2 Å². The van der Waals surface area contributed by atoms with E-state index in [1.54, 1.807) is 26.1 Å². The number of carbonyl (C=O) groups is 4. The number of hydrogen-bond acceptors (Lipinski definition) is 10. The predicted molar refractivity (Wildman–Crippen MR) is 185 cm³/mol. The monoisotopic (exact) mass is 714 g/mol. The summed E-state index contributed by atoms with van der Waals surface area (Å²) in [6.45, 7) is 11.7. The molecule has 0 unspecified atom stereocenters. The molecule has 272 valence electrons. The number of alkyl halides is 3. The van der Waals surface area contributed by atoms with Gasteiger partial charge in [0.05, 0.1) is 54.2 Å². The maximum atomic E-state index is 15.5. The van der Waals surface area contributed by atoms with E-state index in [2.05, 4.69) is 39.2 Å². The Morgan fingerprint density at radius 3 is 2.51 bits per heavy atom. The molecule has 1 aromatic heterocycles. The van der Waals surface area contributed by atoms with Crippen molar-refractivity contribution in [3.63, 3.8) is 0 Å². The minimum atomic E-state index is -4.63. The number of pyridine rings is 1. The Balaban J connectivity index is 0.00000345. The number of rotatable bonds is 12. The van der Waals surface area contributed by atoms with Crippen LogP contribution in [0.25, 0.3) is 6.08 Å². The fraction of sp³-hybridized carbons (Fsp3) is 0.314. The molecule has 1 saturated heterocycles. The summed E-state index contributed by atoms with van der Waals surface area (Å²) in [6.07, 6.45) is -0.361. The molecule has 4 rings (SSSR count). The second-order valence-corrected chi connectivity index (χ2v) is 10.9. The van der Waals surface area contributed by atoms with Crippen LogP contribution in [0.5, 0.6) is 0 Å². The number of hydrogen-bond donors (Lipinski definition) is 3. The van der Waals surface area contributed by atoms with Crippen LogP contribution in [0, 0.1) is 12.7 Å². The first kappa shape index (κ1) is 39.8. The quantitative estimate of drug-likeness (QED) is 0.129. The molecule has 2 aromatic carbocycles. The molecule has 0 spiro atoms. The third-order valence-electron chi connectivity index (χ3n) is 7.89. The Morgan fingerprint density at radius 1 is 1.18 bits per heavy atom. The molecule has 0 aliphatic carbocycles. The highest BCUT2D eigenvalue weighted by molar-refractivity contribution is 6.09. The summed E-state index contributed by atoms with van der Waals surface area (Å²) in [7, 11) is 1.65. The summed E-state index contributed by atoms with van der Waals surface area (Å²) < 4.78 is 66.7. The number of halogens is 4.